The molecule has 0 aromatic carbocycles. The largest absolute Gasteiger partial charge is 0.405 e. The molecule has 1 aliphatic carbocycles. The lowest BCUT2D eigenvalue weighted by Gasteiger charge is -2.26. The van der Waals surface area contributed by atoms with E-state index in [-0.39, 0.29) is 5.92 Å². The molecule has 4 N–H and O–H groups in total. The fourth-order valence-corrected chi connectivity index (χ4v) is 1.41. The van der Waals surface area contributed by atoms with Crippen LogP contribution in [0.3, 0.4) is 0 Å². The molecule has 0 aromatic heterocycles. The van der Waals surface area contributed by atoms with Gasteiger partial charge in [-0.2, -0.15) is 22.0 Å². The first-order valence-corrected chi connectivity index (χ1v) is 5.22. The maximum absolute atomic E-state index is 13.3. The van der Waals surface area contributed by atoms with Crippen molar-refractivity contribution in [1.29, 1.82) is 0 Å². The summed E-state index contributed by atoms with van der Waals surface area (Å²) in [5.41, 5.74) is 5.30. The van der Waals surface area contributed by atoms with Crippen LogP contribution in [0.15, 0.2) is 0 Å². The summed E-state index contributed by atoms with van der Waals surface area (Å²) in [6.45, 7) is -1.88. The Kier molecular flexibility index (Phi) is 4.16. The zero-order valence-electron chi connectivity index (χ0n) is 9.18. The molecular formula is C9H13F5N2O2. The molecule has 1 saturated carbocycles. The number of hydrogen-bond donors (Lipinski definition) is 3. The molecule has 1 fully saturated rings. The smallest absolute Gasteiger partial charge is 0.385 e. The molecule has 106 valence electrons. The van der Waals surface area contributed by atoms with Crippen molar-refractivity contribution in [3.8, 4) is 0 Å². The second kappa shape index (κ2) is 4.96. The quantitative estimate of drug-likeness (QED) is 0.636. The van der Waals surface area contributed by atoms with Crippen molar-refractivity contribution in [3.05, 3.63) is 0 Å². The number of nitrogens with one attached hydrogen (secondary N) is 1. The number of amides is 1. The monoisotopic (exact) mass is 276 g/mol. The van der Waals surface area contributed by atoms with Gasteiger partial charge >= 0.3 is 12.1 Å². The van der Waals surface area contributed by atoms with Crippen LogP contribution in [-0.4, -0.2) is 41.8 Å². The molecule has 1 aliphatic rings. The summed E-state index contributed by atoms with van der Waals surface area (Å²) in [5, 5.41) is 10.3. The summed E-state index contributed by atoms with van der Waals surface area (Å²) >= 11 is 0. The van der Waals surface area contributed by atoms with Crippen LogP contribution in [0.1, 0.15) is 12.8 Å². The molecule has 0 aromatic rings. The number of hydrogen-bond acceptors (Lipinski definition) is 3. The first-order chi connectivity index (χ1) is 8.05. The second-order valence-corrected chi connectivity index (χ2v) is 4.28. The van der Waals surface area contributed by atoms with Gasteiger partial charge in [0.15, 0.2) is 0 Å². The Bertz CT molecular complexity index is 317. The average molecular weight is 276 g/mol. The van der Waals surface area contributed by atoms with Crippen LogP contribution in [0.2, 0.25) is 0 Å². The first kappa shape index (κ1) is 15.1. The summed E-state index contributed by atoms with van der Waals surface area (Å²) in [7, 11) is 0. The van der Waals surface area contributed by atoms with Crippen LogP contribution < -0.4 is 11.1 Å². The van der Waals surface area contributed by atoms with Crippen molar-refractivity contribution in [2.75, 3.05) is 6.54 Å². The summed E-state index contributed by atoms with van der Waals surface area (Å²) in [4.78, 5) is 10.9. The van der Waals surface area contributed by atoms with Gasteiger partial charge in [-0.05, 0) is 18.8 Å². The fraction of sp³-hybridized carbons (Fsp3) is 0.889. The average Bonchev–Trinajstić information content (AvgIpc) is 3.06. The molecule has 2 atom stereocenters. The SMILES string of the molecule is N[C@@H](C1CC1)[C@@H](O)C(F)(F)C(=O)NCC(F)(F)F. The van der Waals surface area contributed by atoms with Crippen molar-refractivity contribution in [2.45, 2.75) is 37.1 Å². The normalized spacial score (nSPS) is 20.4. The summed E-state index contributed by atoms with van der Waals surface area (Å²) < 4.78 is 61.9. The summed E-state index contributed by atoms with van der Waals surface area (Å²) in [5.74, 6) is -6.84. The summed E-state index contributed by atoms with van der Waals surface area (Å²) in [6, 6.07) is -1.32. The maximum Gasteiger partial charge on any atom is 0.405 e. The zero-order valence-corrected chi connectivity index (χ0v) is 9.18. The van der Waals surface area contributed by atoms with Crippen LogP contribution in [0, 0.1) is 5.92 Å². The standard InChI is InChI=1S/C9H13F5N2O2/c10-8(11,12)3-16-7(18)9(13,14)6(17)5(15)4-1-2-4/h4-6,17H,1-3,15H2,(H,16,18)/t5-,6+/m0/s1. The Morgan fingerprint density at radius 1 is 1.33 bits per heavy atom. The third-order valence-electron chi connectivity index (χ3n) is 2.65. The lowest BCUT2D eigenvalue weighted by Crippen LogP contribution is -2.56. The highest BCUT2D eigenvalue weighted by atomic mass is 19.4. The van der Waals surface area contributed by atoms with Gasteiger partial charge in [-0.1, -0.05) is 0 Å². The Morgan fingerprint density at radius 3 is 2.22 bits per heavy atom. The molecule has 0 aliphatic heterocycles. The highest BCUT2D eigenvalue weighted by molar-refractivity contribution is 5.84. The molecular weight excluding hydrogens is 263 g/mol. The maximum atomic E-state index is 13.3. The lowest BCUT2D eigenvalue weighted by atomic mass is 10.0. The van der Waals surface area contributed by atoms with Crippen LogP contribution in [-0.2, 0) is 4.79 Å². The van der Waals surface area contributed by atoms with Gasteiger partial charge in [0.2, 0.25) is 0 Å². The molecule has 18 heavy (non-hydrogen) atoms. The number of carbonyl (C=O) groups is 1. The molecule has 0 unspecified atom stereocenters. The topological polar surface area (TPSA) is 75.3 Å². The van der Waals surface area contributed by atoms with E-state index < -0.39 is 36.7 Å². The number of alkyl halides is 5. The van der Waals surface area contributed by atoms with Crippen molar-refractivity contribution in [1.82, 2.24) is 5.32 Å². The number of aliphatic hydroxyl groups excluding tert-OH is 1. The Labute approximate surface area is 99.3 Å². The van der Waals surface area contributed by atoms with E-state index in [4.69, 9.17) is 5.73 Å². The Hall–Kier alpha value is -0.960. The molecule has 1 rings (SSSR count). The molecule has 0 bridgehead atoms. The van der Waals surface area contributed by atoms with Crippen LogP contribution in [0.5, 0.6) is 0 Å². The van der Waals surface area contributed by atoms with E-state index in [1.807, 2.05) is 0 Å². The third kappa shape index (κ3) is 3.77. The number of aliphatic hydroxyl groups is 1. The van der Waals surface area contributed by atoms with Crippen LogP contribution >= 0.6 is 0 Å². The van der Waals surface area contributed by atoms with Gasteiger partial charge in [-0.25, -0.2) is 0 Å². The van der Waals surface area contributed by atoms with Gasteiger partial charge in [0.05, 0.1) is 0 Å². The van der Waals surface area contributed by atoms with E-state index in [0.29, 0.717) is 12.8 Å². The fourth-order valence-electron chi connectivity index (χ4n) is 1.41. The van der Waals surface area contributed by atoms with Gasteiger partial charge in [0.25, 0.3) is 5.91 Å². The van der Waals surface area contributed by atoms with E-state index in [1.54, 1.807) is 0 Å². The highest BCUT2D eigenvalue weighted by Crippen LogP contribution is 2.36. The third-order valence-corrected chi connectivity index (χ3v) is 2.65. The lowest BCUT2D eigenvalue weighted by molar-refractivity contribution is -0.172. The highest BCUT2D eigenvalue weighted by Gasteiger charge is 2.52. The minimum atomic E-state index is -4.80. The van der Waals surface area contributed by atoms with E-state index in [0.717, 1.165) is 5.32 Å². The van der Waals surface area contributed by atoms with Gasteiger partial charge in [0.1, 0.15) is 12.6 Å². The molecule has 4 nitrogen and oxygen atoms in total. The minimum absolute atomic E-state index is 0.318. The van der Waals surface area contributed by atoms with Crippen molar-refractivity contribution in [2.24, 2.45) is 11.7 Å². The zero-order chi connectivity index (χ0) is 14.1. The van der Waals surface area contributed by atoms with Gasteiger partial charge in [-0.15, -0.1) is 0 Å². The van der Waals surface area contributed by atoms with Gasteiger partial charge in [0, 0.05) is 6.04 Å². The van der Waals surface area contributed by atoms with Gasteiger partial charge in [-0.3, -0.25) is 4.79 Å². The van der Waals surface area contributed by atoms with E-state index in [9.17, 15) is 31.9 Å². The number of nitrogens with two attached hydrogens (primary N) is 1. The molecule has 1 amide bonds. The Balaban J connectivity index is 2.57. The Morgan fingerprint density at radius 2 is 1.83 bits per heavy atom. The number of halogens is 5. The predicted octanol–water partition coefficient (Wildman–Crippen LogP) is 0.398. The predicted molar refractivity (Wildman–Crippen MR) is 50.7 cm³/mol. The summed E-state index contributed by atoms with van der Waals surface area (Å²) in [6.07, 6.45) is -6.18. The van der Waals surface area contributed by atoms with Crippen molar-refractivity contribution < 1.29 is 31.9 Å². The molecule has 9 heteroatoms. The molecule has 0 saturated heterocycles. The van der Waals surface area contributed by atoms with Crippen molar-refractivity contribution >= 4 is 5.91 Å². The number of rotatable bonds is 5. The van der Waals surface area contributed by atoms with Gasteiger partial charge < -0.3 is 16.2 Å². The van der Waals surface area contributed by atoms with E-state index in [1.165, 1.54) is 0 Å². The van der Waals surface area contributed by atoms with Crippen LogP contribution in [0.25, 0.3) is 0 Å². The molecule has 0 spiro atoms. The first-order valence-electron chi connectivity index (χ1n) is 5.22. The number of carbonyl (C=O) groups excluding carboxylic acids is 1. The second-order valence-electron chi connectivity index (χ2n) is 4.28. The molecule has 0 radical (unpaired) electrons. The van der Waals surface area contributed by atoms with E-state index >= 15 is 0 Å². The van der Waals surface area contributed by atoms with Crippen LogP contribution in [0.4, 0.5) is 22.0 Å². The minimum Gasteiger partial charge on any atom is -0.385 e. The van der Waals surface area contributed by atoms with E-state index in [2.05, 4.69) is 0 Å². The molecule has 0 heterocycles. The van der Waals surface area contributed by atoms with Crippen molar-refractivity contribution in [3.63, 3.8) is 0 Å².